The molecule has 0 aliphatic carbocycles. The molecule has 2 N–H and O–H groups in total. The first-order valence-electron chi connectivity index (χ1n) is 8.35. The second-order valence-corrected chi connectivity index (χ2v) is 6.04. The van der Waals surface area contributed by atoms with Crippen LogP contribution in [0.25, 0.3) is 0 Å². The standard InChI is InChI=1S/C19H17N3O5/c1-25-13-5-2-11(3-6-13)14-9-17(23)21-19(20-14)22-18(24)12-4-7-15-16(8-12)27-10-26-15/h2-8,14H,9-10H2,1H3,(H2,20,21,22,23,24)/t14-/m0/s1. The third kappa shape index (κ3) is 3.55. The summed E-state index contributed by atoms with van der Waals surface area (Å²) in [5.74, 6) is 1.33. The van der Waals surface area contributed by atoms with Crippen LogP contribution >= 0.6 is 0 Å². The Morgan fingerprint density at radius 3 is 2.74 bits per heavy atom. The number of guanidine groups is 1. The number of hydrogen-bond donors (Lipinski definition) is 2. The number of hydrogen-bond acceptors (Lipinski definition) is 6. The minimum absolute atomic E-state index is 0.120. The number of rotatable bonds is 3. The fourth-order valence-corrected chi connectivity index (χ4v) is 2.89. The summed E-state index contributed by atoms with van der Waals surface area (Å²) in [5, 5.41) is 5.23. The summed E-state index contributed by atoms with van der Waals surface area (Å²) in [6.45, 7) is 0.132. The van der Waals surface area contributed by atoms with Crippen molar-refractivity contribution in [3.8, 4) is 17.2 Å². The van der Waals surface area contributed by atoms with Crippen LogP contribution in [-0.2, 0) is 4.79 Å². The summed E-state index contributed by atoms with van der Waals surface area (Å²) in [7, 11) is 1.59. The van der Waals surface area contributed by atoms with Crippen molar-refractivity contribution in [2.75, 3.05) is 13.9 Å². The fourth-order valence-electron chi connectivity index (χ4n) is 2.89. The number of methoxy groups -OCH3 is 1. The maximum Gasteiger partial charge on any atom is 0.258 e. The molecule has 0 radical (unpaired) electrons. The van der Waals surface area contributed by atoms with Gasteiger partial charge in [-0.15, -0.1) is 0 Å². The van der Waals surface area contributed by atoms with Gasteiger partial charge in [0.15, 0.2) is 11.5 Å². The average molecular weight is 367 g/mol. The van der Waals surface area contributed by atoms with Gasteiger partial charge in [-0.25, -0.2) is 4.99 Å². The molecule has 0 saturated carbocycles. The molecule has 2 aromatic rings. The highest BCUT2D eigenvalue weighted by atomic mass is 16.7. The summed E-state index contributed by atoms with van der Waals surface area (Å²) >= 11 is 0. The molecule has 0 spiro atoms. The van der Waals surface area contributed by atoms with Crippen LogP contribution in [0, 0.1) is 0 Å². The van der Waals surface area contributed by atoms with Crippen LogP contribution in [0.5, 0.6) is 17.2 Å². The molecule has 0 fully saturated rings. The molecule has 138 valence electrons. The molecule has 0 bridgehead atoms. The van der Waals surface area contributed by atoms with E-state index in [0.29, 0.717) is 17.1 Å². The molecule has 0 aromatic heterocycles. The van der Waals surface area contributed by atoms with Crippen molar-refractivity contribution >= 4 is 17.8 Å². The quantitative estimate of drug-likeness (QED) is 0.862. The van der Waals surface area contributed by atoms with E-state index in [2.05, 4.69) is 15.6 Å². The van der Waals surface area contributed by atoms with E-state index >= 15 is 0 Å². The highest BCUT2D eigenvalue weighted by Gasteiger charge is 2.24. The van der Waals surface area contributed by atoms with E-state index in [9.17, 15) is 9.59 Å². The van der Waals surface area contributed by atoms with Gasteiger partial charge >= 0.3 is 0 Å². The molecular formula is C19H17N3O5. The van der Waals surface area contributed by atoms with Crippen molar-refractivity contribution < 1.29 is 23.8 Å². The van der Waals surface area contributed by atoms with Gasteiger partial charge in [-0.05, 0) is 35.9 Å². The molecule has 27 heavy (non-hydrogen) atoms. The van der Waals surface area contributed by atoms with Gasteiger partial charge in [0.2, 0.25) is 18.7 Å². The Kier molecular flexibility index (Phi) is 4.37. The van der Waals surface area contributed by atoms with E-state index in [-0.39, 0.29) is 31.1 Å². The van der Waals surface area contributed by atoms with Gasteiger partial charge < -0.3 is 14.2 Å². The molecule has 2 aromatic carbocycles. The summed E-state index contributed by atoms with van der Waals surface area (Å²) in [5.41, 5.74) is 1.24. The van der Waals surface area contributed by atoms with Crippen LogP contribution in [0.1, 0.15) is 28.4 Å². The Balaban J connectivity index is 1.52. The van der Waals surface area contributed by atoms with E-state index in [1.54, 1.807) is 25.3 Å². The van der Waals surface area contributed by atoms with Crippen molar-refractivity contribution in [3.05, 3.63) is 53.6 Å². The average Bonchev–Trinajstić information content (AvgIpc) is 3.15. The van der Waals surface area contributed by atoms with Crippen LogP contribution < -0.4 is 24.8 Å². The van der Waals surface area contributed by atoms with Crippen molar-refractivity contribution in [1.82, 2.24) is 10.6 Å². The number of ether oxygens (including phenoxy) is 3. The first kappa shape index (κ1) is 16.9. The maximum atomic E-state index is 12.5. The third-order valence-corrected chi connectivity index (χ3v) is 4.29. The lowest BCUT2D eigenvalue weighted by atomic mass is 10.0. The molecule has 2 aliphatic heterocycles. The lowest BCUT2D eigenvalue weighted by Gasteiger charge is -2.21. The summed E-state index contributed by atoms with van der Waals surface area (Å²) < 4.78 is 15.7. The Labute approximate surface area is 155 Å². The number of amides is 2. The molecule has 2 aliphatic rings. The Morgan fingerprint density at radius 2 is 1.96 bits per heavy atom. The van der Waals surface area contributed by atoms with Crippen LogP contribution in [-0.4, -0.2) is 31.7 Å². The van der Waals surface area contributed by atoms with E-state index in [0.717, 1.165) is 11.3 Å². The summed E-state index contributed by atoms with van der Waals surface area (Å²) in [6, 6.07) is 11.8. The molecule has 1 atom stereocenters. The second kappa shape index (κ2) is 6.99. The van der Waals surface area contributed by atoms with Crippen molar-refractivity contribution in [1.29, 1.82) is 0 Å². The Bertz CT molecular complexity index is 923. The number of aliphatic imine (C=N–C) groups is 1. The molecule has 2 amide bonds. The van der Waals surface area contributed by atoms with Gasteiger partial charge in [0.25, 0.3) is 5.91 Å². The molecule has 0 unspecified atom stereocenters. The number of benzene rings is 2. The Hall–Kier alpha value is -3.55. The smallest absolute Gasteiger partial charge is 0.258 e. The lowest BCUT2D eigenvalue weighted by molar-refractivity contribution is -0.120. The number of carbonyl (C=O) groups is 2. The predicted octanol–water partition coefficient (Wildman–Crippen LogP) is 1.77. The fraction of sp³-hybridized carbons (Fsp3) is 0.211. The van der Waals surface area contributed by atoms with Gasteiger partial charge in [0.1, 0.15) is 5.75 Å². The number of carbonyl (C=O) groups excluding carboxylic acids is 2. The van der Waals surface area contributed by atoms with Gasteiger partial charge in [0.05, 0.1) is 19.6 Å². The molecule has 2 heterocycles. The zero-order valence-electron chi connectivity index (χ0n) is 14.5. The largest absolute Gasteiger partial charge is 0.497 e. The minimum atomic E-state index is -0.400. The van der Waals surface area contributed by atoms with Crippen LogP contribution in [0.4, 0.5) is 0 Å². The van der Waals surface area contributed by atoms with E-state index in [1.807, 2.05) is 24.3 Å². The van der Waals surface area contributed by atoms with Crippen molar-refractivity contribution in [2.45, 2.75) is 12.5 Å². The van der Waals surface area contributed by atoms with Crippen LogP contribution in [0.3, 0.4) is 0 Å². The zero-order chi connectivity index (χ0) is 18.8. The topological polar surface area (TPSA) is 98.3 Å². The van der Waals surface area contributed by atoms with Crippen LogP contribution in [0.2, 0.25) is 0 Å². The summed E-state index contributed by atoms with van der Waals surface area (Å²) in [6.07, 6.45) is 0.204. The van der Waals surface area contributed by atoms with Gasteiger partial charge in [-0.3, -0.25) is 20.2 Å². The number of fused-ring (bicyclic) bond motifs is 1. The van der Waals surface area contributed by atoms with E-state index < -0.39 is 5.91 Å². The molecule has 4 rings (SSSR count). The monoisotopic (exact) mass is 367 g/mol. The first-order chi connectivity index (χ1) is 13.1. The highest BCUT2D eigenvalue weighted by Crippen LogP contribution is 2.32. The van der Waals surface area contributed by atoms with Gasteiger partial charge in [0, 0.05) is 5.56 Å². The Morgan fingerprint density at radius 1 is 1.19 bits per heavy atom. The van der Waals surface area contributed by atoms with Crippen molar-refractivity contribution in [3.63, 3.8) is 0 Å². The van der Waals surface area contributed by atoms with Gasteiger partial charge in [-0.2, -0.15) is 0 Å². The maximum absolute atomic E-state index is 12.5. The molecular weight excluding hydrogens is 350 g/mol. The third-order valence-electron chi connectivity index (χ3n) is 4.29. The molecule has 8 nitrogen and oxygen atoms in total. The van der Waals surface area contributed by atoms with E-state index in [4.69, 9.17) is 14.2 Å². The number of nitrogens with one attached hydrogen (secondary N) is 2. The van der Waals surface area contributed by atoms with E-state index in [1.165, 1.54) is 0 Å². The first-order valence-corrected chi connectivity index (χ1v) is 8.35. The predicted molar refractivity (Wildman–Crippen MR) is 96.0 cm³/mol. The van der Waals surface area contributed by atoms with Crippen LogP contribution in [0.15, 0.2) is 47.5 Å². The minimum Gasteiger partial charge on any atom is -0.497 e. The van der Waals surface area contributed by atoms with Crippen molar-refractivity contribution in [2.24, 2.45) is 4.99 Å². The number of nitrogens with zero attached hydrogens (tertiary/aromatic N) is 1. The van der Waals surface area contributed by atoms with Gasteiger partial charge in [-0.1, -0.05) is 12.1 Å². The zero-order valence-corrected chi connectivity index (χ0v) is 14.5. The molecule has 8 heteroatoms. The summed E-state index contributed by atoms with van der Waals surface area (Å²) in [4.78, 5) is 29.0. The lowest BCUT2D eigenvalue weighted by Crippen LogP contribution is -2.47. The molecule has 0 saturated heterocycles. The second-order valence-electron chi connectivity index (χ2n) is 6.04. The SMILES string of the molecule is COc1ccc([C@@H]2CC(=O)NC(NC(=O)c3ccc4c(c3)OCO4)=N2)cc1. The highest BCUT2D eigenvalue weighted by molar-refractivity contribution is 6.10. The normalized spacial score (nSPS) is 17.7.